The zero-order valence-corrected chi connectivity index (χ0v) is 22.0. The van der Waals surface area contributed by atoms with Gasteiger partial charge >= 0.3 is 6.18 Å². The minimum Gasteiger partial charge on any atom is -0.334 e. The Bertz CT molecular complexity index is 1180. The maximum atomic E-state index is 13.6. The molecule has 0 aliphatic carbocycles. The lowest BCUT2D eigenvalue weighted by Crippen LogP contribution is -2.32. The van der Waals surface area contributed by atoms with Gasteiger partial charge in [-0.15, -0.1) is 0 Å². The van der Waals surface area contributed by atoms with E-state index < -0.39 is 11.7 Å². The molecule has 0 saturated heterocycles. The summed E-state index contributed by atoms with van der Waals surface area (Å²) in [6.45, 7) is 9.10. The highest BCUT2D eigenvalue weighted by Gasteiger charge is 2.30. The van der Waals surface area contributed by atoms with Gasteiger partial charge in [0.25, 0.3) is 5.91 Å². The van der Waals surface area contributed by atoms with E-state index in [-0.39, 0.29) is 17.9 Å². The molecule has 0 saturated carbocycles. The zero-order valence-electron chi connectivity index (χ0n) is 21.3. The van der Waals surface area contributed by atoms with Crippen LogP contribution in [-0.2, 0) is 31.0 Å². The standard InChI is InChI=1S/C30H33ClF3NO/c1-5-7-23-16-24(19-27(31)18-23)28(36)35(20-22-10-12-25(13-11-22)29(2,3)4)15-14-21-8-6-9-26(17-21)30(32,33)34/h6,8-13,16-19H,5,7,14-15,20H2,1-4H3. The fraction of sp³-hybridized carbons (Fsp3) is 0.367. The predicted molar refractivity (Wildman–Crippen MR) is 140 cm³/mol. The van der Waals surface area contributed by atoms with Crippen molar-refractivity contribution in [3.05, 3.63) is 105 Å². The first-order chi connectivity index (χ1) is 16.9. The van der Waals surface area contributed by atoms with Crippen molar-refractivity contribution in [2.24, 2.45) is 0 Å². The maximum absolute atomic E-state index is 13.6. The Morgan fingerprint density at radius 2 is 1.53 bits per heavy atom. The summed E-state index contributed by atoms with van der Waals surface area (Å²) in [5.41, 5.74) is 3.47. The van der Waals surface area contributed by atoms with Gasteiger partial charge in [0.05, 0.1) is 5.56 Å². The van der Waals surface area contributed by atoms with E-state index in [4.69, 9.17) is 11.6 Å². The third kappa shape index (κ3) is 7.60. The van der Waals surface area contributed by atoms with Crippen LogP contribution in [-0.4, -0.2) is 17.4 Å². The summed E-state index contributed by atoms with van der Waals surface area (Å²) >= 11 is 6.31. The van der Waals surface area contributed by atoms with E-state index in [0.29, 0.717) is 29.1 Å². The largest absolute Gasteiger partial charge is 0.416 e. The third-order valence-electron chi connectivity index (χ3n) is 6.15. The van der Waals surface area contributed by atoms with Crippen molar-refractivity contribution in [2.45, 2.75) is 65.1 Å². The number of hydrogen-bond donors (Lipinski definition) is 0. The normalized spacial score (nSPS) is 12.0. The lowest BCUT2D eigenvalue weighted by Gasteiger charge is -2.25. The van der Waals surface area contributed by atoms with E-state index in [1.54, 1.807) is 17.0 Å². The molecule has 3 aromatic carbocycles. The summed E-state index contributed by atoms with van der Waals surface area (Å²) in [6, 6.07) is 18.8. The summed E-state index contributed by atoms with van der Waals surface area (Å²) in [7, 11) is 0. The average Bonchev–Trinajstić information content (AvgIpc) is 2.80. The number of nitrogens with zero attached hydrogens (tertiary/aromatic N) is 1. The van der Waals surface area contributed by atoms with Crippen LogP contribution in [0, 0.1) is 0 Å². The lowest BCUT2D eigenvalue weighted by atomic mass is 9.87. The van der Waals surface area contributed by atoms with Gasteiger partial charge < -0.3 is 4.90 Å². The van der Waals surface area contributed by atoms with E-state index in [9.17, 15) is 18.0 Å². The van der Waals surface area contributed by atoms with Crippen LogP contribution in [0.1, 0.15) is 72.3 Å². The molecule has 0 heterocycles. The van der Waals surface area contributed by atoms with Gasteiger partial charge in [0.2, 0.25) is 0 Å². The molecule has 0 spiro atoms. The Balaban J connectivity index is 1.88. The van der Waals surface area contributed by atoms with Gasteiger partial charge in [-0.25, -0.2) is 0 Å². The first-order valence-corrected chi connectivity index (χ1v) is 12.6. The summed E-state index contributed by atoms with van der Waals surface area (Å²) in [6.07, 6.45) is -2.37. The molecule has 0 aromatic heterocycles. The number of alkyl halides is 3. The molecule has 0 aliphatic heterocycles. The quantitative estimate of drug-likeness (QED) is 0.294. The Morgan fingerprint density at radius 1 is 0.833 bits per heavy atom. The van der Waals surface area contributed by atoms with Gasteiger partial charge in [-0.1, -0.05) is 88.2 Å². The summed E-state index contributed by atoms with van der Waals surface area (Å²) in [5, 5.41) is 0.497. The smallest absolute Gasteiger partial charge is 0.334 e. The second kappa shape index (κ2) is 11.5. The third-order valence-corrected chi connectivity index (χ3v) is 6.37. The van der Waals surface area contributed by atoms with E-state index in [1.165, 1.54) is 11.6 Å². The molecule has 0 aliphatic rings. The molecular weight excluding hydrogens is 483 g/mol. The van der Waals surface area contributed by atoms with Gasteiger partial charge in [-0.3, -0.25) is 4.79 Å². The Labute approximate surface area is 217 Å². The van der Waals surface area contributed by atoms with Crippen LogP contribution < -0.4 is 0 Å². The van der Waals surface area contributed by atoms with E-state index in [0.717, 1.165) is 36.1 Å². The topological polar surface area (TPSA) is 20.3 Å². The Kier molecular flexibility index (Phi) is 8.89. The fourth-order valence-electron chi connectivity index (χ4n) is 4.14. The predicted octanol–water partition coefficient (Wildman–Crippen LogP) is 8.49. The Hall–Kier alpha value is -2.79. The van der Waals surface area contributed by atoms with Gasteiger partial charge in [0, 0.05) is 23.7 Å². The molecule has 0 radical (unpaired) electrons. The van der Waals surface area contributed by atoms with Gasteiger partial charge in [0.15, 0.2) is 0 Å². The molecule has 192 valence electrons. The van der Waals surface area contributed by atoms with Crippen LogP contribution in [0.25, 0.3) is 0 Å². The number of rotatable bonds is 8. The number of benzene rings is 3. The minimum absolute atomic E-state index is 0.00794. The number of aryl methyl sites for hydroxylation is 1. The summed E-state index contributed by atoms with van der Waals surface area (Å²) in [5.74, 6) is -0.193. The molecule has 6 heteroatoms. The first-order valence-electron chi connectivity index (χ1n) is 12.2. The van der Waals surface area contributed by atoms with Crippen molar-refractivity contribution in [1.82, 2.24) is 4.90 Å². The van der Waals surface area contributed by atoms with Crippen LogP contribution in [0.4, 0.5) is 13.2 Å². The number of carbonyl (C=O) groups excluding carboxylic acids is 1. The molecule has 3 aromatic rings. The van der Waals surface area contributed by atoms with Crippen molar-refractivity contribution in [1.29, 1.82) is 0 Å². The van der Waals surface area contributed by atoms with Crippen LogP contribution in [0.15, 0.2) is 66.7 Å². The number of halogens is 4. The van der Waals surface area contributed by atoms with Crippen LogP contribution >= 0.6 is 11.6 Å². The zero-order chi connectivity index (χ0) is 26.5. The number of carbonyl (C=O) groups is 1. The van der Waals surface area contributed by atoms with Crippen molar-refractivity contribution in [3.8, 4) is 0 Å². The molecule has 0 unspecified atom stereocenters. The van der Waals surface area contributed by atoms with Gasteiger partial charge in [-0.05, 0) is 64.8 Å². The second-order valence-electron chi connectivity index (χ2n) is 10.2. The summed E-state index contributed by atoms with van der Waals surface area (Å²) in [4.78, 5) is 15.3. The maximum Gasteiger partial charge on any atom is 0.416 e. The second-order valence-corrected chi connectivity index (χ2v) is 10.7. The van der Waals surface area contributed by atoms with E-state index in [2.05, 4.69) is 39.8 Å². The Morgan fingerprint density at radius 3 is 2.14 bits per heavy atom. The molecule has 36 heavy (non-hydrogen) atoms. The number of amides is 1. The monoisotopic (exact) mass is 515 g/mol. The van der Waals surface area contributed by atoms with Crippen molar-refractivity contribution in [3.63, 3.8) is 0 Å². The molecule has 2 nitrogen and oxygen atoms in total. The van der Waals surface area contributed by atoms with Crippen LogP contribution in [0.3, 0.4) is 0 Å². The first kappa shape index (κ1) is 27.8. The van der Waals surface area contributed by atoms with Crippen molar-refractivity contribution < 1.29 is 18.0 Å². The van der Waals surface area contributed by atoms with Gasteiger partial charge in [-0.2, -0.15) is 13.2 Å². The summed E-state index contributed by atoms with van der Waals surface area (Å²) < 4.78 is 39.5. The minimum atomic E-state index is -4.41. The molecule has 0 bridgehead atoms. The molecule has 0 N–H and O–H groups in total. The average molecular weight is 516 g/mol. The highest BCUT2D eigenvalue weighted by atomic mass is 35.5. The highest BCUT2D eigenvalue weighted by molar-refractivity contribution is 6.31. The van der Waals surface area contributed by atoms with E-state index >= 15 is 0 Å². The molecule has 3 rings (SSSR count). The van der Waals surface area contributed by atoms with Crippen molar-refractivity contribution >= 4 is 17.5 Å². The van der Waals surface area contributed by atoms with Crippen LogP contribution in [0.5, 0.6) is 0 Å². The molecular formula is C30H33ClF3NO. The SMILES string of the molecule is CCCc1cc(Cl)cc(C(=O)N(CCc2cccc(C(F)(F)F)c2)Cc2ccc(C(C)(C)C)cc2)c1. The van der Waals surface area contributed by atoms with Crippen molar-refractivity contribution in [2.75, 3.05) is 6.54 Å². The highest BCUT2D eigenvalue weighted by Crippen LogP contribution is 2.30. The molecule has 0 fully saturated rings. The number of hydrogen-bond acceptors (Lipinski definition) is 1. The fourth-order valence-corrected chi connectivity index (χ4v) is 4.40. The molecule has 0 atom stereocenters. The van der Waals surface area contributed by atoms with Gasteiger partial charge in [0.1, 0.15) is 0 Å². The molecule has 1 amide bonds. The van der Waals surface area contributed by atoms with Crippen LogP contribution in [0.2, 0.25) is 5.02 Å². The van der Waals surface area contributed by atoms with E-state index in [1.807, 2.05) is 24.3 Å². The lowest BCUT2D eigenvalue weighted by molar-refractivity contribution is -0.137.